The second-order valence-corrected chi connectivity index (χ2v) is 4.90. The molecule has 4 heteroatoms. The maximum absolute atomic E-state index is 12.4. The molecule has 0 bridgehead atoms. The number of aromatic hydroxyl groups is 2. The zero-order valence-corrected chi connectivity index (χ0v) is 10.8. The van der Waals surface area contributed by atoms with Gasteiger partial charge in [-0.25, -0.2) is 0 Å². The number of hydrogen-bond donors (Lipinski definition) is 2. The summed E-state index contributed by atoms with van der Waals surface area (Å²) in [6.45, 7) is 4.10. The first kappa shape index (κ1) is 12.7. The van der Waals surface area contributed by atoms with Gasteiger partial charge < -0.3 is 15.1 Å². The molecule has 2 atom stereocenters. The molecule has 1 heterocycles. The van der Waals surface area contributed by atoms with Crippen molar-refractivity contribution in [2.24, 2.45) is 0 Å². The number of phenolic OH excluding ortho intramolecular Hbond substituents is 2. The van der Waals surface area contributed by atoms with Gasteiger partial charge in [-0.2, -0.15) is 0 Å². The fourth-order valence-corrected chi connectivity index (χ4v) is 2.68. The maximum Gasteiger partial charge on any atom is 0.258 e. The van der Waals surface area contributed by atoms with Crippen molar-refractivity contribution < 1.29 is 15.0 Å². The monoisotopic (exact) mass is 249 g/mol. The summed E-state index contributed by atoms with van der Waals surface area (Å²) in [5.74, 6) is -0.344. The van der Waals surface area contributed by atoms with Gasteiger partial charge in [0.1, 0.15) is 11.5 Å². The second kappa shape index (κ2) is 4.88. The summed E-state index contributed by atoms with van der Waals surface area (Å²) in [5, 5.41) is 19.0. The fraction of sp³-hybridized carbons (Fsp3) is 0.500. The average Bonchev–Trinajstić information content (AvgIpc) is 2.69. The molecule has 1 aliphatic heterocycles. The minimum Gasteiger partial charge on any atom is -0.508 e. The number of likely N-dealkylation sites (tertiary alicyclic amines) is 1. The van der Waals surface area contributed by atoms with E-state index >= 15 is 0 Å². The molecule has 1 saturated heterocycles. The Hall–Kier alpha value is -1.71. The Balaban J connectivity index is 2.30. The van der Waals surface area contributed by atoms with E-state index in [0.29, 0.717) is 0 Å². The van der Waals surface area contributed by atoms with Crippen LogP contribution in [0.2, 0.25) is 0 Å². The Morgan fingerprint density at radius 1 is 1.39 bits per heavy atom. The quantitative estimate of drug-likeness (QED) is 0.846. The topological polar surface area (TPSA) is 60.8 Å². The molecule has 2 N–H and O–H groups in total. The van der Waals surface area contributed by atoms with Crippen LogP contribution >= 0.6 is 0 Å². The van der Waals surface area contributed by atoms with Crippen molar-refractivity contribution in [3.63, 3.8) is 0 Å². The first-order chi connectivity index (χ1) is 8.54. The molecule has 1 amide bonds. The van der Waals surface area contributed by atoms with Crippen LogP contribution in [-0.4, -0.2) is 33.1 Å². The molecule has 18 heavy (non-hydrogen) atoms. The Bertz CT molecular complexity index is 458. The Kier molecular flexibility index (Phi) is 3.45. The van der Waals surface area contributed by atoms with Crippen LogP contribution in [0.15, 0.2) is 18.2 Å². The van der Waals surface area contributed by atoms with Crippen molar-refractivity contribution >= 4 is 5.91 Å². The summed E-state index contributed by atoms with van der Waals surface area (Å²) in [6, 6.07) is 4.56. The van der Waals surface area contributed by atoms with Crippen LogP contribution in [-0.2, 0) is 0 Å². The molecule has 0 saturated carbocycles. The minimum absolute atomic E-state index is 0.0365. The van der Waals surface area contributed by atoms with Gasteiger partial charge in [-0.1, -0.05) is 6.92 Å². The number of nitrogens with zero attached hydrogens (tertiary/aromatic N) is 1. The van der Waals surface area contributed by atoms with E-state index in [4.69, 9.17) is 0 Å². The number of amides is 1. The third-order valence-electron chi connectivity index (χ3n) is 3.70. The zero-order chi connectivity index (χ0) is 13.3. The first-order valence-corrected chi connectivity index (χ1v) is 6.39. The minimum atomic E-state index is -0.158. The van der Waals surface area contributed by atoms with Crippen LogP contribution in [0.25, 0.3) is 0 Å². The predicted octanol–water partition coefficient (Wildman–Crippen LogP) is 2.50. The number of phenols is 2. The fourth-order valence-electron chi connectivity index (χ4n) is 2.68. The van der Waals surface area contributed by atoms with Crippen molar-refractivity contribution in [3.8, 4) is 11.5 Å². The van der Waals surface area contributed by atoms with Crippen LogP contribution in [0.3, 0.4) is 0 Å². The molecular formula is C14H19NO3. The molecule has 0 radical (unpaired) electrons. The number of rotatable bonds is 2. The lowest BCUT2D eigenvalue weighted by atomic mass is 10.1. The van der Waals surface area contributed by atoms with E-state index in [2.05, 4.69) is 6.92 Å². The lowest BCUT2D eigenvalue weighted by molar-refractivity contribution is 0.0673. The molecule has 2 rings (SSSR count). The molecule has 4 nitrogen and oxygen atoms in total. The van der Waals surface area contributed by atoms with Gasteiger partial charge in [-0.05, 0) is 38.3 Å². The molecule has 0 aromatic heterocycles. The molecule has 2 unspecified atom stereocenters. The van der Waals surface area contributed by atoms with Gasteiger partial charge in [0.2, 0.25) is 0 Å². The van der Waals surface area contributed by atoms with E-state index in [1.54, 1.807) is 0 Å². The maximum atomic E-state index is 12.4. The van der Waals surface area contributed by atoms with Crippen LogP contribution in [0.5, 0.6) is 11.5 Å². The molecular weight excluding hydrogens is 230 g/mol. The third-order valence-corrected chi connectivity index (χ3v) is 3.70. The normalized spacial score (nSPS) is 23.3. The number of carbonyl (C=O) groups excluding carboxylic acids is 1. The smallest absolute Gasteiger partial charge is 0.258 e. The van der Waals surface area contributed by atoms with Gasteiger partial charge >= 0.3 is 0 Å². The van der Waals surface area contributed by atoms with E-state index in [0.717, 1.165) is 19.3 Å². The highest BCUT2D eigenvalue weighted by Crippen LogP contribution is 2.31. The molecule has 98 valence electrons. The summed E-state index contributed by atoms with van der Waals surface area (Å²) < 4.78 is 0. The lowest BCUT2D eigenvalue weighted by Crippen LogP contribution is -2.39. The van der Waals surface area contributed by atoms with Crippen LogP contribution in [0.1, 0.15) is 43.5 Å². The molecule has 0 aliphatic carbocycles. The molecule has 1 aromatic rings. The predicted molar refractivity (Wildman–Crippen MR) is 68.7 cm³/mol. The third kappa shape index (κ3) is 2.15. The van der Waals surface area contributed by atoms with Crippen molar-refractivity contribution in [2.75, 3.05) is 0 Å². The van der Waals surface area contributed by atoms with Crippen LogP contribution in [0, 0.1) is 0 Å². The zero-order valence-electron chi connectivity index (χ0n) is 10.8. The highest BCUT2D eigenvalue weighted by molar-refractivity contribution is 5.97. The largest absolute Gasteiger partial charge is 0.508 e. The number of carbonyl (C=O) groups is 1. The summed E-state index contributed by atoms with van der Waals surface area (Å²) in [7, 11) is 0. The number of benzene rings is 1. The van der Waals surface area contributed by atoms with Gasteiger partial charge in [0.25, 0.3) is 5.91 Å². The summed E-state index contributed by atoms with van der Waals surface area (Å²) in [5.41, 5.74) is 0.264. The first-order valence-electron chi connectivity index (χ1n) is 6.39. The lowest BCUT2D eigenvalue weighted by Gasteiger charge is -2.28. The van der Waals surface area contributed by atoms with E-state index in [1.807, 2.05) is 11.8 Å². The number of hydrogen-bond acceptors (Lipinski definition) is 3. The van der Waals surface area contributed by atoms with Crippen molar-refractivity contribution in [2.45, 2.75) is 45.2 Å². The standard InChI is InChI=1S/C14H19NO3/c1-3-10-5-4-9(2)15(10)14(18)12-7-6-11(16)8-13(12)17/h6-10,16-17H,3-5H2,1-2H3. The van der Waals surface area contributed by atoms with Crippen molar-refractivity contribution in [1.82, 2.24) is 4.90 Å². The second-order valence-electron chi connectivity index (χ2n) is 4.90. The summed E-state index contributed by atoms with van der Waals surface area (Å²) in [6.07, 6.45) is 2.94. The molecule has 1 aliphatic rings. The Morgan fingerprint density at radius 3 is 2.72 bits per heavy atom. The van der Waals surface area contributed by atoms with Crippen molar-refractivity contribution in [3.05, 3.63) is 23.8 Å². The van der Waals surface area contributed by atoms with E-state index < -0.39 is 0 Å². The highest BCUT2D eigenvalue weighted by atomic mass is 16.3. The van der Waals surface area contributed by atoms with Gasteiger partial charge in [-0.3, -0.25) is 4.79 Å². The Morgan fingerprint density at radius 2 is 2.11 bits per heavy atom. The van der Waals surface area contributed by atoms with Crippen molar-refractivity contribution in [1.29, 1.82) is 0 Å². The van der Waals surface area contributed by atoms with E-state index in [1.165, 1.54) is 18.2 Å². The van der Waals surface area contributed by atoms with E-state index in [9.17, 15) is 15.0 Å². The summed E-state index contributed by atoms with van der Waals surface area (Å²) >= 11 is 0. The molecule has 1 aromatic carbocycles. The average molecular weight is 249 g/mol. The Labute approximate surface area is 107 Å². The van der Waals surface area contributed by atoms with Gasteiger partial charge in [0, 0.05) is 18.2 Å². The molecule has 1 fully saturated rings. The van der Waals surface area contributed by atoms with E-state index in [-0.39, 0.29) is 35.1 Å². The molecule has 0 spiro atoms. The van der Waals surface area contributed by atoms with Crippen LogP contribution < -0.4 is 0 Å². The van der Waals surface area contributed by atoms with Gasteiger partial charge in [0.05, 0.1) is 5.56 Å². The van der Waals surface area contributed by atoms with Crippen LogP contribution in [0.4, 0.5) is 0 Å². The van der Waals surface area contributed by atoms with Gasteiger partial charge in [0.15, 0.2) is 0 Å². The SMILES string of the molecule is CCC1CCC(C)N1C(=O)c1ccc(O)cc1O. The highest BCUT2D eigenvalue weighted by Gasteiger charge is 2.34. The van der Waals surface area contributed by atoms with Gasteiger partial charge in [-0.15, -0.1) is 0 Å². The summed E-state index contributed by atoms with van der Waals surface area (Å²) in [4.78, 5) is 14.3.